The Kier molecular flexibility index (Phi) is 5.16. The fourth-order valence-electron chi connectivity index (χ4n) is 3.05. The van der Waals surface area contributed by atoms with Crippen molar-refractivity contribution in [2.24, 2.45) is 0 Å². The van der Waals surface area contributed by atoms with Crippen molar-refractivity contribution in [3.8, 4) is 11.6 Å². The van der Waals surface area contributed by atoms with Crippen LogP contribution in [-0.4, -0.2) is 47.0 Å². The summed E-state index contributed by atoms with van der Waals surface area (Å²) in [5.41, 5.74) is 0.936. The Morgan fingerprint density at radius 3 is 2.68 bits per heavy atom. The molecular formula is C20H19ClN4O3. The van der Waals surface area contributed by atoms with E-state index in [9.17, 15) is 4.79 Å². The summed E-state index contributed by atoms with van der Waals surface area (Å²) in [5.74, 6) is 2.17. The molecule has 1 amide bonds. The molecule has 0 saturated carbocycles. The summed E-state index contributed by atoms with van der Waals surface area (Å²) in [4.78, 5) is 24.8. The molecule has 0 spiro atoms. The van der Waals surface area contributed by atoms with E-state index < -0.39 is 0 Å². The van der Waals surface area contributed by atoms with Gasteiger partial charge >= 0.3 is 0 Å². The molecule has 8 heteroatoms. The van der Waals surface area contributed by atoms with E-state index >= 15 is 0 Å². The molecular weight excluding hydrogens is 380 g/mol. The van der Waals surface area contributed by atoms with Gasteiger partial charge in [-0.15, -0.1) is 0 Å². The molecule has 3 heterocycles. The predicted molar refractivity (Wildman–Crippen MR) is 105 cm³/mol. The van der Waals surface area contributed by atoms with E-state index in [0.717, 1.165) is 11.4 Å². The number of nitrogens with zero attached hydrogens (tertiary/aromatic N) is 4. The average Bonchev–Trinajstić information content (AvgIpc) is 3.25. The Balaban J connectivity index is 1.41. The third-order valence-electron chi connectivity index (χ3n) is 4.60. The molecule has 4 rings (SSSR count). The SMILES string of the molecule is Cc1cc(Oc2cc(N3CCN(C(=O)c4ccco4)CC3)ncn2)ccc1Cl. The first-order chi connectivity index (χ1) is 13.6. The van der Waals surface area contributed by atoms with Gasteiger partial charge in [0.2, 0.25) is 5.88 Å². The predicted octanol–water partition coefficient (Wildman–Crippen LogP) is 3.79. The number of piperazine rings is 1. The number of carbonyl (C=O) groups excluding carboxylic acids is 1. The van der Waals surface area contributed by atoms with Crippen molar-refractivity contribution in [3.05, 3.63) is 65.3 Å². The first kappa shape index (κ1) is 18.3. The highest BCUT2D eigenvalue weighted by Gasteiger charge is 2.24. The largest absolute Gasteiger partial charge is 0.459 e. The summed E-state index contributed by atoms with van der Waals surface area (Å²) >= 11 is 6.06. The van der Waals surface area contributed by atoms with Crippen molar-refractivity contribution in [1.82, 2.24) is 14.9 Å². The number of ether oxygens (including phenoxy) is 1. The van der Waals surface area contributed by atoms with Gasteiger partial charge in [-0.1, -0.05) is 11.6 Å². The molecule has 0 unspecified atom stereocenters. The van der Waals surface area contributed by atoms with Crippen molar-refractivity contribution in [1.29, 1.82) is 0 Å². The van der Waals surface area contributed by atoms with E-state index in [1.807, 2.05) is 13.0 Å². The number of hydrogen-bond donors (Lipinski definition) is 0. The van der Waals surface area contributed by atoms with Crippen molar-refractivity contribution in [2.45, 2.75) is 6.92 Å². The molecule has 1 fully saturated rings. The molecule has 0 atom stereocenters. The molecule has 0 radical (unpaired) electrons. The highest BCUT2D eigenvalue weighted by Crippen LogP contribution is 2.26. The van der Waals surface area contributed by atoms with Crippen molar-refractivity contribution in [3.63, 3.8) is 0 Å². The number of rotatable bonds is 4. The third-order valence-corrected chi connectivity index (χ3v) is 5.03. The first-order valence-corrected chi connectivity index (χ1v) is 9.32. The Labute approximate surface area is 167 Å². The number of amides is 1. The standard InChI is InChI=1S/C20H19ClN4O3/c1-14-11-15(4-5-16(14)21)28-19-12-18(22-13-23-19)24-6-8-25(9-7-24)20(26)17-3-2-10-27-17/h2-5,10-13H,6-9H2,1H3. The molecule has 7 nitrogen and oxygen atoms in total. The summed E-state index contributed by atoms with van der Waals surface area (Å²) in [6.07, 6.45) is 2.99. The van der Waals surface area contributed by atoms with Crippen LogP contribution < -0.4 is 9.64 Å². The maximum Gasteiger partial charge on any atom is 0.289 e. The quantitative estimate of drug-likeness (QED) is 0.665. The minimum Gasteiger partial charge on any atom is -0.459 e. The van der Waals surface area contributed by atoms with Gasteiger partial charge in [0, 0.05) is 37.3 Å². The minimum atomic E-state index is -0.0885. The summed E-state index contributed by atoms with van der Waals surface area (Å²) in [5, 5.41) is 0.692. The van der Waals surface area contributed by atoms with E-state index in [0.29, 0.717) is 48.6 Å². The molecule has 3 aromatic rings. The van der Waals surface area contributed by atoms with Gasteiger partial charge in [0.1, 0.15) is 17.9 Å². The van der Waals surface area contributed by atoms with Gasteiger partial charge in [-0.25, -0.2) is 9.97 Å². The summed E-state index contributed by atoms with van der Waals surface area (Å²) in [6.45, 7) is 4.45. The molecule has 0 bridgehead atoms. The maximum atomic E-state index is 12.4. The lowest BCUT2D eigenvalue weighted by Crippen LogP contribution is -2.49. The van der Waals surface area contributed by atoms with Crippen LogP contribution in [0.25, 0.3) is 0 Å². The number of aromatic nitrogens is 2. The molecule has 1 aromatic carbocycles. The van der Waals surface area contributed by atoms with Crippen LogP contribution >= 0.6 is 11.6 Å². The van der Waals surface area contributed by atoms with Gasteiger partial charge in [-0.2, -0.15) is 0 Å². The van der Waals surface area contributed by atoms with Crippen molar-refractivity contribution < 1.29 is 13.9 Å². The van der Waals surface area contributed by atoms with Gasteiger partial charge in [0.15, 0.2) is 5.76 Å². The topological polar surface area (TPSA) is 71.7 Å². The van der Waals surface area contributed by atoms with Gasteiger partial charge in [0.05, 0.1) is 6.26 Å². The Morgan fingerprint density at radius 1 is 1.14 bits per heavy atom. The lowest BCUT2D eigenvalue weighted by molar-refractivity contribution is 0.0714. The fraction of sp³-hybridized carbons (Fsp3) is 0.250. The molecule has 2 aromatic heterocycles. The molecule has 28 heavy (non-hydrogen) atoms. The van der Waals surface area contributed by atoms with E-state index in [2.05, 4.69) is 14.9 Å². The summed E-state index contributed by atoms with van der Waals surface area (Å²) < 4.78 is 11.0. The van der Waals surface area contributed by atoms with E-state index in [1.54, 1.807) is 35.2 Å². The second-order valence-electron chi connectivity index (χ2n) is 6.48. The molecule has 0 aliphatic carbocycles. The number of aryl methyl sites for hydroxylation is 1. The highest BCUT2D eigenvalue weighted by molar-refractivity contribution is 6.31. The molecule has 1 aliphatic heterocycles. The van der Waals surface area contributed by atoms with Crippen LogP contribution in [0.3, 0.4) is 0 Å². The maximum absolute atomic E-state index is 12.4. The smallest absolute Gasteiger partial charge is 0.289 e. The van der Waals surface area contributed by atoms with Crippen LogP contribution in [0.2, 0.25) is 5.02 Å². The lowest BCUT2D eigenvalue weighted by atomic mass is 10.2. The second-order valence-corrected chi connectivity index (χ2v) is 6.89. The number of halogens is 1. The summed E-state index contributed by atoms with van der Waals surface area (Å²) in [6, 6.07) is 10.7. The van der Waals surface area contributed by atoms with E-state index in [-0.39, 0.29) is 5.91 Å². The number of anilines is 1. The zero-order chi connectivity index (χ0) is 19.5. The monoisotopic (exact) mass is 398 g/mol. The highest BCUT2D eigenvalue weighted by atomic mass is 35.5. The van der Waals surface area contributed by atoms with Crippen molar-refractivity contribution >= 4 is 23.3 Å². The van der Waals surface area contributed by atoms with Gasteiger partial charge < -0.3 is 19.0 Å². The molecule has 0 N–H and O–H groups in total. The summed E-state index contributed by atoms with van der Waals surface area (Å²) in [7, 11) is 0. The number of furan rings is 1. The Hall–Kier alpha value is -3.06. The zero-order valence-corrected chi connectivity index (χ0v) is 16.1. The van der Waals surface area contributed by atoms with E-state index in [1.165, 1.54) is 12.6 Å². The van der Waals surface area contributed by atoms with Crippen LogP contribution in [0.15, 0.2) is 53.4 Å². The second kappa shape index (κ2) is 7.90. The molecule has 144 valence electrons. The minimum absolute atomic E-state index is 0.0885. The van der Waals surface area contributed by atoms with Gasteiger partial charge in [-0.3, -0.25) is 4.79 Å². The number of benzene rings is 1. The van der Waals surface area contributed by atoms with Crippen molar-refractivity contribution in [2.75, 3.05) is 31.1 Å². The average molecular weight is 399 g/mol. The molecule has 1 saturated heterocycles. The Bertz CT molecular complexity index is 969. The van der Waals surface area contributed by atoms with Crippen LogP contribution in [-0.2, 0) is 0 Å². The fourth-order valence-corrected chi connectivity index (χ4v) is 3.17. The first-order valence-electron chi connectivity index (χ1n) is 8.94. The number of hydrogen-bond acceptors (Lipinski definition) is 6. The number of carbonyl (C=O) groups is 1. The van der Waals surface area contributed by atoms with Crippen LogP contribution in [0.4, 0.5) is 5.82 Å². The van der Waals surface area contributed by atoms with E-state index in [4.69, 9.17) is 20.8 Å². The van der Waals surface area contributed by atoms with Gasteiger partial charge in [0.25, 0.3) is 5.91 Å². The van der Waals surface area contributed by atoms with Crippen LogP contribution in [0.5, 0.6) is 11.6 Å². The zero-order valence-electron chi connectivity index (χ0n) is 15.3. The Morgan fingerprint density at radius 2 is 1.96 bits per heavy atom. The van der Waals surface area contributed by atoms with Crippen LogP contribution in [0, 0.1) is 6.92 Å². The van der Waals surface area contributed by atoms with Gasteiger partial charge in [-0.05, 0) is 42.8 Å². The third kappa shape index (κ3) is 3.94. The molecule has 1 aliphatic rings. The lowest BCUT2D eigenvalue weighted by Gasteiger charge is -2.34. The normalized spacial score (nSPS) is 14.2. The van der Waals surface area contributed by atoms with Crippen LogP contribution in [0.1, 0.15) is 16.1 Å².